The predicted molar refractivity (Wildman–Crippen MR) is 174 cm³/mol. The Hall–Kier alpha value is -2.24. The van der Waals surface area contributed by atoms with E-state index in [2.05, 4.69) is 105 Å². The molecule has 4 aromatic carbocycles. The van der Waals surface area contributed by atoms with Crippen molar-refractivity contribution in [3.8, 4) is 11.1 Å². The second-order valence-electron chi connectivity index (χ2n) is 10.7. The van der Waals surface area contributed by atoms with E-state index >= 15 is 0 Å². The van der Waals surface area contributed by atoms with Gasteiger partial charge < -0.3 is 0 Å². The summed E-state index contributed by atoms with van der Waals surface area (Å²) in [6.07, 6.45) is 10.2. The molecule has 0 saturated heterocycles. The minimum atomic E-state index is -1.23. The Morgan fingerprint density at radius 1 is 0.526 bits per heavy atom. The predicted octanol–water partition coefficient (Wildman–Crippen LogP) is 10.4. The van der Waals surface area contributed by atoms with Gasteiger partial charge in [0, 0.05) is 0 Å². The van der Waals surface area contributed by atoms with E-state index in [1.165, 1.54) is 94.6 Å². The maximum atomic E-state index is 2.72. The second kappa shape index (κ2) is 14.8. The van der Waals surface area contributed by atoms with Crippen molar-refractivity contribution < 1.29 is 0 Å². The van der Waals surface area contributed by atoms with Crippen LogP contribution in [0.25, 0.3) is 32.7 Å². The second-order valence-corrected chi connectivity index (χ2v) is 15.9. The first-order valence-electron chi connectivity index (χ1n) is 15.3. The molecule has 0 amide bonds. The summed E-state index contributed by atoms with van der Waals surface area (Å²) in [5.41, 5.74) is 4.50. The standard InChI is InChI=1S/C36H48AsN/c1-5-9-25-37(26-10-6-2)33-23-21-29-17-13-15-19-31(29)35(33)36-32-20-16-14-18-30(32)22-24-34(36)38(27-11-7-3)28-12-8-4/h13-24H,5-12,25-28H2,1-4H3. The molecule has 0 aliphatic rings. The fraction of sp³-hybridized carbons (Fsp3) is 0.444. The van der Waals surface area contributed by atoms with Crippen molar-refractivity contribution in [2.75, 3.05) is 18.0 Å². The van der Waals surface area contributed by atoms with Gasteiger partial charge >= 0.3 is 238 Å². The zero-order valence-corrected chi connectivity index (χ0v) is 26.2. The van der Waals surface area contributed by atoms with Gasteiger partial charge in [-0.3, -0.25) is 0 Å². The van der Waals surface area contributed by atoms with Crippen LogP contribution in [-0.2, 0) is 0 Å². The van der Waals surface area contributed by atoms with E-state index < -0.39 is 14.7 Å². The van der Waals surface area contributed by atoms with Crippen molar-refractivity contribution in [3.63, 3.8) is 0 Å². The molecule has 0 unspecified atom stereocenters. The zero-order chi connectivity index (χ0) is 26.7. The summed E-state index contributed by atoms with van der Waals surface area (Å²) in [6.45, 7) is 11.6. The molecule has 0 radical (unpaired) electrons. The third kappa shape index (κ3) is 6.66. The maximum absolute atomic E-state index is 2.72. The van der Waals surface area contributed by atoms with E-state index in [1.54, 1.807) is 9.91 Å². The first-order valence-corrected chi connectivity index (χ1v) is 18.9. The summed E-state index contributed by atoms with van der Waals surface area (Å²) in [4.78, 5) is 2.72. The van der Waals surface area contributed by atoms with Crippen molar-refractivity contribution in [3.05, 3.63) is 72.8 Å². The molecule has 0 saturated carbocycles. The van der Waals surface area contributed by atoms with E-state index in [1.807, 2.05) is 0 Å². The average Bonchev–Trinajstić information content (AvgIpc) is 2.96. The van der Waals surface area contributed by atoms with E-state index in [0.29, 0.717) is 0 Å². The molecule has 0 aliphatic carbocycles. The van der Waals surface area contributed by atoms with Crippen molar-refractivity contribution in [1.82, 2.24) is 0 Å². The van der Waals surface area contributed by atoms with Gasteiger partial charge in [0.05, 0.1) is 0 Å². The quantitative estimate of drug-likeness (QED) is 0.129. The van der Waals surface area contributed by atoms with Gasteiger partial charge in [-0.1, -0.05) is 0 Å². The molecule has 0 fully saturated rings. The van der Waals surface area contributed by atoms with Gasteiger partial charge in [0.25, 0.3) is 0 Å². The summed E-state index contributed by atoms with van der Waals surface area (Å²) in [5.74, 6) is 0. The van der Waals surface area contributed by atoms with Crippen molar-refractivity contribution in [1.29, 1.82) is 0 Å². The number of hydrogen-bond donors (Lipinski definition) is 0. The number of nitrogens with zero attached hydrogens (tertiary/aromatic N) is 1. The first-order chi connectivity index (χ1) is 18.7. The molecule has 0 bridgehead atoms. The van der Waals surface area contributed by atoms with Gasteiger partial charge in [-0.15, -0.1) is 0 Å². The molecule has 38 heavy (non-hydrogen) atoms. The molecule has 0 aromatic heterocycles. The van der Waals surface area contributed by atoms with Crippen molar-refractivity contribution in [2.45, 2.75) is 89.5 Å². The van der Waals surface area contributed by atoms with Gasteiger partial charge in [0.2, 0.25) is 0 Å². The van der Waals surface area contributed by atoms with Crippen LogP contribution >= 0.6 is 0 Å². The number of rotatable bonds is 15. The molecule has 0 heterocycles. The Kier molecular flexibility index (Phi) is 11.2. The van der Waals surface area contributed by atoms with Gasteiger partial charge in [0.15, 0.2) is 0 Å². The Bertz CT molecular complexity index is 1180. The number of unbranched alkanes of at least 4 members (excludes halogenated alkanes) is 4. The molecule has 4 aromatic rings. The van der Waals surface area contributed by atoms with Gasteiger partial charge in [-0.25, -0.2) is 0 Å². The van der Waals surface area contributed by atoms with E-state index in [9.17, 15) is 0 Å². The van der Waals surface area contributed by atoms with Crippen molar-refractivity contribution >= 4 is 46.2 Å². The SMILES string of the molecule is CCCCN(CCCC)c1ccc2ccccc2c1-c1c([As](CCCC)CCCC)ccc2ccccc12. The number of anilines is 1. The molecule has 1 nitrogen and oxygen atoms in total. The third-order valence-corrected chi connectivity index (χ3v) is 13.7. The Balaban J connectivity index is 2.05. The van der Waals surface area contributed by atoms with Gasteiger partial charge in [-0.2, -0.15) is 0 Å². The summed E-state index contributed by atoms with van der Waals surface area (Å²) in [6, 6.07) is 28.1. The topological polar surface area (TPSA) is 3.24 Å². The Labute approximate surface area is 236 Å². The zero-order valence-electron chi connectivity index (χ0n) is 24.3. The number of benzene rings is 4. The van der Waals surface area contributed by atoms with E-state index in [0.717, 1.165) is 13.1 Å². The van der Waals surface area contributed by atoms with Crippen LogP contribution < -0.4 is 9.25 Å². The molecule has 0 N–H and O–H groups in total. The molecule has 0 aliphatic heterocycles. The summed E-state index contributed by atoms with van der Waals surface area (Å²) in [7, 11) is 0. The number of hydrogen-bond acceptors (Lipinski definition) is 1. The van der Waals surface area contributed by atoms with Crippen molar-refractivity contribution in [2.24, 2.45) is 0 Å². The summed E-state index contributed by atoms with van der Waals surface area (Å²) in [5, 5.41) is 8.44. The van der Waals surface area contributed by atoms with Crippen LogP contribution in [0, 0.1) is 0 Å². The van der Waals surface area contributed by atoms with E-state index in [4.69, 9.17) is 0 Å². The normalized spacial score (nSPS) is 11.6. The van der Waals surface area contributed by atoms with Gasteiger partial charge in [-0.05, 0) is 0 Å². The molecule has 4 rings (SSSR count). The molecule has 0 atom stereocenters. The van der Waals surface area contributed by atoms with Crippen LogP contribution in [0.4, 0.5) is 5.69 Å². The summed E-state index contributed by atoms with van der Waals surface area (Å²) >= 11 is -1.23. The summed E-state index contributed by atoms with van der Waals surface area (Å²) < 4.78 is 1.71. The fourth-order valence-corrected chi connectivity index (χ4v) is 11.8. The van der Waals surface area contributed by atoms with E-state index in [-0.39, 0.29) is 0 Å². The van der Waals surface area contributed by atoms with Crippen LogP contribution in [-0.4, -0.2) is 27.7 Å². The molecular formula is C36H48AsN. The van der Waals surface area contributed by atoms with Crippen LogP contribution in [0.3, 0.4) is 0 Å². The van der Waals surface area contributed by atoms with Crippen LogP contribution in [0.5, 0.6) is 0 Å². The first kappa shape index (κ1) is 28.8. The van der Waals surface area contributed by atoms with Gasteiger partial charge in [0.1, 0.15) is 0 Å². The minimum absolute atomic E-state index is 1.13. The average molecular weight is 570 g/mol. The molecule has 2 heteroatoms. The van der Waals surface area contributed by atoms with Crippen LogP contribution in [0.1, 0.15) is 79.1 Å². The van der Waals surface area contributed by atoms with Crippen LogP contribution in [0.15, 0.2) is 72.8 Å². The monoisotopic (exact) mass is 569 g/mol. The number of fused-ring (bicyclic) bond motifs is 2. The molecule has 202 valence electrons. The fourth-order valence-electron chi connectivity index (χ4n) is 5.67. The molecule has 0 spiro atoms. The Morgan fingerprint density at radius 2 is 1.03 bits per heavy atom. The molecular weight excluding hydrogens is 521 g/mol. The van der Waals surface area contributed by atoms with Crippen LogP contribution in [0.2, 0.25) is 10.4 Å². The Morgan fingerprint density at radius 3 is 1.58 bits per heavy atom. The third-order valence-electron chi connectivity index (χ3n) is 7.87.